The van der Waals surface area contributed by atoms with Gasteiger partial charge in [0.2, 0.25) is 5.89 Å². The lowest BCUT2D eigenvalue weighted by molar-refractivity contribution is 0.0937. The van der Waals surface area contributed by atoms with E-state index in [0.717, 1.165) is 11.1 Å². The standard InChI is InChI=1S/C13H15N3O3/c1-9-15-12(16-19-9)13(18)14-8-11-4-2-10(3-5-11)6-7-17/h2-5,17H,6-8H2,1H3,(H,14,18). The summed E-state index contributed by atoms with van der Waals surface area (Å²) in [5.74, 6) is 0.0317. The van der Waals surface area contributed by atoms with Crippen molar-refractivity contribution in [3.05, 3.63) is 47.1 Å². The number of benzene rings is 1. The van der Waals surface area contributed by atoms with Gasteiger partial charge in [-0.3, -0.25) is 4.79 Å². The Morgan fingerprint density at radius 2 is 2.00 bits per heavy atom. The summed E-state index contributed by atoms with van der Waals surface area (Å²) in [7, 11) is 0. The van der Waals surface area contributed by atoms with Gasteiger partial charge in [0.05, 0.1) is 0 Å². The normalized spacial score (nSPS) is 10.4. The number of carbonyl (C=O) groups is 1. The van der Waals surface area contributed by atoms with E-state index in [0.29, 0.717) is 18.9 Å². The van der Waals surface area contributed by atoms with Gasteiger partial charge in [-0.05, 0) is 17.5 Å². The number of nitrogens with zero attached hydrogens (tertiary/aromatic N) is 2. The minimum absolute atomic E-state index is 0.0365. The molecule has 0 fully saturated rings. The molecule has 6 nitrogen and oxygen atoms in total. The van der Waals surface area contributed by atoms with Gasteiger partial charge in [-0.1, -0.05) is 29.4 Å². The van der Waals surface area contributed by atoms with Crippen molar-refractivity contribution < 1.29 is 14.4 Å². The van der Waals surface area contributed by atoms with Crippen molar-refractivity contribution in [3.63, 3.8) is 0 Å². The zero-order valence-corrected chi connectivity index (χ0v) is 10.6. The van der Waals surface area contributed by atoms with Crippen molar-refractivity contribution in [2.24, 2.45) is 0 Å². The molecule has 1 aromatic heterocycles. The molecule has 1 heterocycles. The maximum Gasteiger partial charge on any atom is 0.292 e. The quantitative estimate of drug-likeness (QED) is 0.832. The SMILES string of the molecule is Cc1nc(C(=O)NCc2ccc(CCO)cc2)no1. The zero-order valence-electron chi connectivity index (χ0n) is 10.6. The van der Waals surface area contributed by atoms with Crippen molar-refractivity contribution in [2.45, 2.75) is 19.9 Å². The second-order valence-electron chi connectivity index (χ2n) is 4.11. The predicted molar refractivity (Wildman–Crippen MR) is 67.4 cm³/mol. The highest BCUT2D eigenvalue weighted by Gasteiger charge is 2.11. The molecule has 1 aromatic carbocycles. The average Bonchev–Trinajstić information content (AvgIpc) is 2.85. The zero-order chi connectivity index (χ0) is 13.7. The molecular weight excluding hydrogens is 246 g/mol. The van der Waals surface area contributed by atoms with E-state index in [1.54, 1.807) is 6.92 Å². The van der Waals surface area contributed by atoms with E-state index >= 15 is 0 Å². The molecule has 1 amide bonds. The molecule has 0 bridgehead atoms. The van der Waals surface area contributed by atoms with Crippen molar-refractivity contribution >= 4 is 5.91 Å². The smallest absolute Gasteiger partial charge is 0.292 e. The first-order chi connectivity index (χ1) is 9.19. The van der Waals surface area contributed by atoms with Crippen LogP contribution in [0.3, 0.4) is 0 Å². The molecule has 6 heteroatoms. The number of carbonyl (C=O) groups excluding carboxylic acids is 1. The largest absolute Gasteiger partial charge is 0.396 e. The summed E-state index contributed by atoms with van der Waals surface area (Å²) >= 11 is 0. The van der Waals surface area contributed by atoms with E-state index in [2.05, 4.69) is 15.5 Å². The van der Waals surface area contributed by atoms with Crippen LogP contribution in [0.4, 0.5) is 0 Å². The Balaban J connectivity index is 1.89. The number of aliphatic hydroxyl groups excluding tert-OH is 1. The van der Waals surface area contributed by atoms with Gasteiger partial charge in [0, 0.05) is 20.1 Å². The lowest BCUT2D eigenvalue weighted by Crippen LogP contribution is -2.23. The summed E-state index contributed by atoms with van der Waals surface area (Å²) in [4.78, 5) is 15.5. The lowest BCUT2D eigenvalue weighted by Gasteiger charge is -2.04. The molecule has 0 radical (unpaired) electrons. The molecule has 19 heavy (non-hydrogen) atoms. The Bertz CT molecular complexity index is 549. The predicted octanol–water partition coefficient (Wildman–Crippen LogP) is 0.843. The molecule has 100 valence electrons. The second kappa shape index (κ2) is 6.10. The van der Waals surface area contributed by atoms with Crippen LogP contribution in [-0.2, 0) is 13.0 Å². The fourth-order valence-electron chi connectivity index (χ4n) is 1.61. The summed E-state index contributed by atoms with van der Waals surface area (Å²) in [6.45, 7) is 2.16. The number of aliphatic hydroxyl groups is 1. The van der Waals surface area contributed by atoms with Gasteiger partial charge in [-0.25, -0.2) is 0 Å². The molecule has 0 aliphatic heterocycles. The Kier molecular flexibility index (Phi) is 4.25. The highest BCUT2D eigenvalue weighted by molar-refractivity contribution is 5.90. The molecule has 0 aliphatic carbocycles. The fourth-order valence-corrected chi connectivity index (χ4v) is 1.61. The summed E-state index contributed by atoms with van der Waals surface area (Å²) in [6, 6.07) is 7.67. The molecule has 2 N–H and O–H groups in total. The highest BCUT2D eigenvalue weighted by Crippen LogP contribution is 2.05. The number of hydrogen-bond donors (Lipinski definition) is 2. The third-order valence-corrected chi connectivity index (χ3v) is 2.61. The topological polar surface area (TPSA) is 88.2 Å². The van der Waals surface area contributed by atoms with Gasteiger partial charge in [-0.2, -0.15) is 4.98 Å². The molecule has 2 rings (SSSR count). The molecule has 0 aliphatic rings. The van der Waals surface area contributed by atoms with Gasteiger partial charge in [-0.15, -0.1) is 0 Å². The van der Waals surface area contributed by atoms with Crippen molar-refractivity contribution in [1.82, 2.24) is 15.5 Å². The molecular formula is C13H15N3O3. The Morgan fingerprint density at radius 3 is 2.58 bits per heavy atom. The molecule has 0 unspecified atom stereocenters. The van der Waals surface area contributed by atoms with Crippen LogP contribution in [0.5, 0.6) is 0 Å². The van der Waals surface area contributed by atoms with Crippen LogP contribution >= 0.6 is 0 Å². The maximum atomic E-state index is 11.7. The van der Waals surface area contributed by atoms with Gasteiger partial charge in [0.1, 0.15) is 0 Å². The van der Waals surface area contributed by atoms with Crippen molar-refractivity contribution in [2.75, 3.05) is 6.61 Å². The Morgan fingerprint density at radius 1 is 1.32 bits per heavy atom. The summed E-state index contributed by atoms with van der Waals surface area (Å²) in [6.07, 6.45) is 0.634. The van der Waals surface area contributed by atoms with Gasteiger partial charge >= 0.3 is 0 Å². The van der Waals surface area contributed by atoms with Crippen LogP contribution in [0.25, 0.3) is 0 Å². The molecule has 0 saturated carbocycles. The lowest BCUT2D eigenvalue weighted by atomic mass is 10.1. The van der Waals surface area contributed by atoms with Crippen molar-refractivity contribution in [3.8, 4) is 0 Å². The first-order valence-corrected chi connectivity index (χ1v) is 5.96. The average molecular weight is 261 g/mol. The van der Waals surface area contributed by atoms with E-state index in [1.165, 1.54) is 0 Å². The van der Waals surface area contributed by atoms with E-state index in [-0.39, 0.29) is 18.3 Å². The van der Waals surface area contributed by atoms with E-state index < -0.39 is 0 Å². The molecule has 0 saturated heterocycles. The van der Waals surface area contributed by atoms with Crippen molar-refractivity contribution in [1.29, 1.82) is 0 Å². The first-order valence-electron chi connectivity index (χ1n) is 5.96. The van der Waals surface area contributed by atoms with E-state index in [9.17, 15) is 4.79 Å². The van der Waals surface area contributed by atoms with Gasteiger partial charge < -0.3 is 14.9 Å². The Hall–Kier alpha value is -2.21. The number of rotatable bonds is 5. The monoisotopic (exact) mass is 261 g/mol. The third-order valence-electron chi connectivity index (χ3n) is 2.61. The highest BCUT2D eigenvalue weighted by atomic mass is 16.5. The van der Waals surface area contributed by atoms with Crippen LogP contribution in [0.2, 0.25) is 0 Å². The van der Waals surface area contributed by atoms with E-state index in [4.69, 9.17) is 9.63 Å². The molecule has 0 spiro atoms. The van der Waals surface area contributed by atoms with Crippen LogP contribution in [0.15, 0.2) is 28.8 Å². The van der Waals surface area contributed by atoms with Gasteiger partial charge in [0.15, 0.2) is 0 Å². The summed E-state index contributed by atoms with van der Waals surface area (Å²) in [5.41, 5.74) is 2.03. The molecule has 0 atom stereocenters. The second-order valence-corrected chi connectivity index (χ2v) is 4.11. The number of amides is 1. The Labute approximate surface area is 110 Å². The number of aromatic nitrogens is 2. The number of nitrogens with one attached hydrogen (secondary N) is 1. The fraction of sp³-hybridized carbons (Fsp3) is 0.308. The van der Waals surface area contributed by atoms with E-state index in [1.807, 2.05) is 24.3 Å². The number of hydrogen-bond acceptors (Lipinski definition) is 5. The number of aryl methyl sites for hydroxylation is 1. The minimum Gasteiger partial charge on any atom is -0.396 e. The van der Waals surface area contributed by atoms with Crippen LogP contribution in [-0.4, -0.2) is 27.8 Å². The van der Waals surface area contributed by atoms with Crippen LogP contribution in [0, 0.1) is 6.92 Å². The van der Waals surface area contributed by atoms with Crippen LogP contribution in [0.1, 0.15) is 27.6 Å². The molecule has 2 aromatic rings. The summed E-state index contributed by atoms with van der Waals surface area (Å²) < 4.78 is 4.73. The maximum absolute atomic E-state index is 11.7. The first kappa shape index (κ1) is 13.2. The van der Waals surface area contributed by atoms with Gasteiger partial charge in [0.25, 0.3) is 11.7 Å². The third kappa shape index (κ3) is 3.62. The van der Waals surface area contributed by atoms with Crippen LogP contribution < -0.4 is 5.32 Å². The summed E-state index contributed by atoms with van der Waals surface area (Å²) in [5, 5.41) is 15.1. The minimum atomic E-state index is -0.365.